The lowest BCUT2D eigenvalue weighted by atomic mass is 10.1. The van der Waals surface area contributed by atoms with Crippen molar-refractivity contribution < 1.29 is 0 Å². The van der Waals surface area contributed by atoms with Gasteiger partial charge in [0, 0.05) is 25.7 Å². The van der Waals surface area contributed by atoms with E-state index < -0.39 is 0 Å². The molecule has 0 aliphatic carbocycles. The number of nitrogens with zero attached hydrogens (tertiary/aromatic N) is 1. The van der Waals surface area contributed by atoms with Crippen molar-refractivity contribution in [1.29, 1.82) is 0 Å². The predicted octanol–water partition coefficient (Wildman–Crippen LogP) is 0.608. The van der Waals surface area contributed by atoms with Gasteiger partial charge in [-0.05, 0) is 38.9 Å². The zero-order valence-electron chi connectivity index (χ0n) is 9.75. The maximum absolute atomic E-state index is 5.69. The second-order valence-corrected chi connectivity index (χ2v) is 4.81. The number of hydrogen-bond donors (Lipinski definition) is 2. The Morgan fingerprint density at radius 3 is 2.64 bits per heavy atom. The Labute approximate surface area is 92.8 Å². The first kappa shape index (κ1) is 14.2. The molecule has 0 aromatic carbocycles. The number of nitrogens with two attached hydrogens (primary N) is 1. The van der Waals surface area contributed by atoms with Gasteiger partial charge >= 0.3 is 0 Å². The van der Waals surface area contributed by atoms with Gasteiger partial charge in [-0.15, -0.1) is 0 Å². The van der Waals surface area contributed by atoms with Gasteiger partial charge in [0.15, 0.2) is 0 Å². The fourth-order valence-electron chi connectivity index (χ4n) is 1.27. The maximum Gasteiger partial charge on any atom is 0.0191 e. The van der Waals surface area contributed by atoms with Crippen molar-refractivity contribution in [2.45, 2.75) is 18.9 Å². The van der Waals surface area contributed by atoms with Crippen molar-refractivity contribution >= 4 is 11.8 Å². The number of hydrogen-bond acceptors (Lipinski definition) is 4. The Hall–Kier alpha value is 0.230. The molecule has 0 amide bonds. The van der Waals surface area contributed by atoms with Crippen LogP contribution in [0.4, 0.5) is 0 Å². The summed E-state index contributed by atoms with van der Waals surface area (Å²) in [4.78, 5) is 2.18. The van der Waals surface area contributed by atoms with E-state index in [2.05, 4.69) is 30.6 Å². The van der Waals surface area contributed by atoms with Gasteiger partial charge in [-0.1, -0.05) is 0 Å². The molecule has 0 radical (unpaired) electrons. The van der Waals surface area contributed by atoms with Crippen LogP contribution in [-0.4, -0.2) is 56.7 Å². The van der Waals surface area contributed by atoms with Crippen LogP contribution < -0.4 is 11.1 Å². The molecule has 0 aliphatic heterocycles. The molecule has 1 unspecified atom stereocenters. The van der Waals surface area contributed by atoms with Gasteiger partial charge < -0.3 is 16.0 Å². The second-order valence-electron chi connectivity index (χ2n) is 3.83. The molecule has 0 bridgehead atoms. The van der Waals surface area contributed by atoms with E-state index >= 15 is 0 Å². The lowest BCUT2D eigenvalue weighted by Crippen LogP contribution is -2.39. The average molecular weight is 219 g/mol. The molecule has 0 saturated heterocycles. The Morgan fingerprint density at radius 2 is 2.14 bits per heavy atom. The van der Waals surface area contributed by atoms with E-state index in [1.165, 1.54) is 18.6 Å². The lowest BCUT2D eigenvalue weighted by Gasteiger charge is -2.18. The molecule has 3 nitrogen and oxygen atoms in total. The van der Waals surface area contributed by atoms with Crippen molar-refractivity contribution in [3.05, 3.63) is 0 Å². The van der Waals surface area contributed by atoms with Crippen LogP contribution >= 0.6 is 11.8 Å². The number of thioether (sulfide) groups is 1. The van der Waals surface area contributed by atoms with E-state index in [4.69, 9.17) is 5.73 Å². The molecular weight excluding hydrogens is 194 g/mol. The van der Waals surface area contributed by atoms with E-state index in [9.17, 15) is 0 Å². The summed E-state index contributed by atoms with van der Waals surface area (Å²) in [6.07, 6.45) is 4.61. The first-order valence-corrected chi connectivity index (χ1v) is 6.67. The summed E-state index contributed by atoms with van der Waals surface area (Å²) >= 11 is 1.91. The standard InChI is InChI=1S/C10H25N3S/c1-13(2)7-6-12-10(9-11)5-4-8-14-3/h10,12H,4-9,11H2,1-3H3. The van der Waals surface area contributed by atoms with Crippen LogP contribution in [0.5, 0.6) is 0 Å². The van der Waals surface area contributed by atoms with Gasteiger partial charge in [-0.25, -0.2) is 0 Å². The molecule has 3 N–H and O–H groups in total. The molecule has 0 aromatic heterocycles. The minimum absolute atomic E-state index is 0.502. The Morgan fingerprint density at radius 1 is 1.43 bits per heavy atom. The summed E-state index contributed by atoms with van der Waals surface area (Å²) in [5.74, 6) is 1.24. The minimum atomic E-state index is 0.502. The van der Waals surface area contributed by atoms with Crippen LogP contribution in [0.2, 0.25) is 0 Å². The first-order valence-electron chi connectivity index (χ1n) is 5.27. The molecule has 0 aromatic rings. The largest absolute Gasteiger partial charge is 0.329 e. The van der Waals surface area contributed by atoms with Crippen LogP contribution in [0.25, 0.3) is 0 Å². The van der Waals surface area contributed by atoms with Crippen LogP contribution in [0.1, 0.15) is 12.8 Å². The SMILES string of the molecule is CSCCCC(CN)NCCN(C)C. The fourth-order valence-corrected chi connectivity index (χ4v) is 1.72. The highest BCUT2D eigenvalue weighted by Crippen LogP contribution is 2.02. The van der Waals surface area contributed by atoms with Crippen LogP contribution in [0, 0.1) is 0 Å². The fraction of sp³-hybridized carbons (Fsp3) is 1.00. The summed E-state index contributed by atoms with van der Waals surface area (Å²) in [7, 11) is 4.18. The molecule has 1 atom stereocenters. The van der Waals surface area contributed by atoms with Crippen LogP contribution in [0.15, 0.2) is 0 Å². The third-order valence-electron chi connectivity index (χ3n) is 2.18. The zero-order valence-corrected chi connectivity index (χ0v) is 10.6. The molecule has 0 rings (SSSR count). The Bertz CT molecular complexity index is 120. The zero-order chi connectivity index (χ0) is 10.8. The molecule has 0 saturated carbocycles. The third kappa shape index (κ3) is 8.81. The molecule has 86 valence electrons. The summed E-state index contributed by atoms with van der Waals surface area (Å²) in [5, 5.41) is 3.48. The maximum atomic E-state index is 5.69. The minimum Gasteiger partial charge on any atom is -0.329 e. The molecule has 4 heteroatoms. The number of likely N-dealkylation sites (N-methyl/N-ethyl adjacent to an activating group) is 1. The molecule has 0 aliphatic rings. The Balaban J connectivity index is 3.38. The molecule has 14 heavy (non-hydrogen) atoms. The highest BCUT2D eigenvalue weighted by atomic mass is 32.2. The van der Waals surface area contributed by atoms with Gasteiger partial charge in [0.2, 0.25) is 0 Å². The number of rotatable bonds is 9. The van der Waals surface area contributed by atoms with Gasteiger partial charge in [0.25, 0.3) is 0 Å². The monoisotopic (exact) mass is 219 g/mol. The van der Waals surface area contributed by atoms with Crippen molar-refractivity contribution in [2.75, 3.05) is 45.7 Å². The van der Waals surface area contributed by atoms with E-state index in [1.807, 2.05) is 11.8 Å². The summed E-state index contributed by atoms with van der Waals surface area (Å²) < 4.78 is 0. The van der Waals surface area contributed by atoms with Crippen molar-refractivity contribution in [1.82, 2.24) is 10.2 Å². The highest BCUT2D eigenvalue weighted by Gasteiger charge is 2.04. The highest BCUT2D eigenvalue weighted by molar-refractivity contribution is 7.98. The van der Waals surface area contributed by atoms with E-state index in [-0.39, 0.29) is 0 Å². The Kier molecular flexibility index (Phi) is 9.93. The molecule has 0 fully saturated rings. The van der Waals surface area contributed by atoms with Crippen LogP contribution in [0.3, 0.4) is 0 Å². The van der Waals surface area contributed by atoms with E-state index in [0.717, 1.165) is 19.6 Å². The van der Waals surface area contributed by atoms with Crippen LogP contribution in [-0.2, 0) is 0 Å². The molecule has 0 heterocycles. The van der Waals surface area contributed by atoms with Gasteiger partial charge in [-0.2, -0.15) is 11.8 Å². The predicted molar refractivity (Wildman–Crippen MR) is 67.0 cm³/mol. The van der Waals surface area contributed by atoms with Gasteiger partial charge in [0.05, 0.1) is 0 Å². The van der Waals surface area contributed by atoms with Gasteiger partial charge in [0.1, 0.15) is 0 Å². The summed E-state index contributed by atoms with van der Waals surface area (Å²) in [5.41, 5.74) is 5.69. The van der Waals surface area contributed by atoms with E-state index in [1.54, 1.807) is 0 Å². The smallest absolute Gasteiger partial charge is 0.0191 e. The second kappa shape index (κ2) is 9.77. The van der Waals surface area contributed by atoms with Gasteiger partial charge in [-0.3, -0.25) is 0 Å². The quantitative estimate of drug-likeness (QED) is 0.558. The molecular formula is C10H25N3S. The van der Waals surface area contributed by atoms with Crippen molar-refractivity contribution in [3.63, 3.8) is 0 Å². The number of nitrogens with one attached hydrogen (secondary N) is 1. The third-order valence-corrected chi connectivity index (χ3v) is 2.87. The lowest BCUT2D eigenvalue weighted by molar-refractivity contribution is 0.378. The van der Waals surface area contributed by atoms with E-state index in [0.29, 0.717) is 6.04 Å². The summed E-state index contributed by atoms with van der Waals surface area (Å²) in [6, 6.07) is 0.502. The van der Waals surface area contributed by atoms with Crippen molar-refractivity contribution in [2.24, 2.45) is 5.73 Å². The summed E-state index contributed by atoms with van der Waals surface area (Å²) in [6.45, 7) is 2.87. The topological polar surface area (TPSA) is 41.3 Å². The van der Waals surface area contributed by atoms with Crippen molar-refractivity contribution in [3.8, 4) is 0 Å². The average Bonchev–Trinajstić information content (AvgIpc) is 2.15. The first-order chi connectivity index (χ1) is 6.70. The normalized spacial score (nSPS) is 13.5. The molecule has 0 spiro atoms.